The summed E-state index contributed by atoms with van der Waals surface area (Å²) in [5, 5.41) is 21.2. The fourth-order valence-corrected chi connectivity index (χ4v) is 1.65. The first kappa shape index (κ1) is 10.3. The van der Waals surface area contributed by atoms with Crippen LogP contribution in [-0.4, -0.2) is 21.5 Å². The summed E-state index contributed by atoms with van der Waals surface area (Å²) in [6.07, 6.45) is 0. The Morgan fingerprint density at radius 2 is 2.46 bits per heavy atom. The van der Waals surface area contributed by atoms with Crippen LogP contribution in [0.25, 0.3) is 0 Å². The summed E-state index contributed by atoms with van der Waals surface area (Å²) >= 11 is 2.02. The first-order valence-corrected chi connectivity index (χ1v) is 4.60. The second-order valence-electron chi connectivity index (χ2n) is 2.29. The number of hydrogen-bond acceptors (Lipinski definition) is 4. The van der Waals surface area contributed by atoms with Crippen molar-refractivity contribution in [3.63, 3.8) is 0 Å². The SMILES string of the molecule is Cn1nc(OCC#N)c(I)c1CO. The zero-order chi connectivity index (χ0) is 9.84. The number of aliphatic hydroxyl groups excluding tert-OH is 1. The van der Waals surface area contributed by atoms with E-state index in [0.29, 0.717) is 11.6 Å². The number of aliphatic hydroxyl groups is 1. The minimum atomic E-state index is -0.0856. The molecule has 5 nitrogen and oxygen atoms in total. The first-order valence-electron chi connectivity index (χ1n) is 3.52. The molecule has 1 N–H and O–H groups in total. The molecule has 1 rings (SSSR count). The molecule has 0 saturated heterocycles. The summed E-state index contributed by atoms with van der Waals surface area (Å²) in [4.78, 5) is 0. The van der Waals surface area contributed by atoms with Crippen molar-refractivity contribution in [1.29, 1.82) is 5.26 Å². The van der Waals surface area contributed by atoms with Gasteiger partial charge < -0.3 is 9.84 Å². The molecule has 0 amide bonds. The van der Waals surface area contributed by atoms with E-state index < -0.39 is 0 Å². The fraction of sp³-hybridized carbons (Fsp3) is 0.429. The van der Waals surface area contributed by atoms with Crippen LogP contribution in [-0.2, 0) is 13.7 Å². The van der Waals surface area contributed by atoms with Crippen LogP contribution < -0.4 is 4.74 Å². The maximum Gasteiger partial charge on any atom is 0.247 e. The van der Waals surface area contributed by atoms with Gasteiger partial charge in [0, 0.05) is 7.05 Å². The Hall–Kier alpha value is -0.810. The van der Waals surface area contributed by atoms with E-state index in [-0.39, 0.29) is 13.2 Å². The summed E-state index contributed by atoms with van der Waals surface area (Å²) in [6, 6.07) is 1.85. The maximum atomic E-state index is 8.95. The third-order valence-electron chi connectivity index (χ3n) is 1.50. The predicted octanol–water partition coefficient (Wildman–Crippen LogP) is 0.419. The maximum absolute atomic E-state index is 8.95. The van der Waals surface area contributed by atoms with Crippen molar-refractivity contribution in [2.45, 2.75) is 6.61 Å². The average molecular weight is 293 g/mol. The lowest BCUT2D eigenvalue weighted by Gasteiger charge is -1.95. The third-order valence-corrected chi connectivity index (χ3v) is 2.58. The smallest absolute Gasteiger partial charge is 0.247 e. The van der Waals surface area contributed by atoms with Gasteiger partial charge in [0.1, 0.15) is 9.64 Å². The average Bonchev–Trinajstić information content (AvgIpc) is 2.38. The molecule has 0 bridgehead atoms. The van der Waals surface area contributed by atoms with Crippen LogP contribution >= 0.6 is 22.6 Å². The lowest BCUT2D eigenvalue weighted by atomic mass is 10.4. The van der Waals surface area contributed by atoms with Crippen LogP contribution in [0.3, 0.4) is 0 Å². The summed E-state index contributed by atoms with van der Waals surface area (Å²) in [5.74, 6) is 0.397. The Morgan fingerprint density at radius 3 is 2.92 bits per heavy atom. The standard InChI is InChI=1S/C7H8IN3O2/c1-11-5(4-12)6(8)7(10-11)13-3-2-9/h12H,3-4H2,1H3. The van der Waals surface area contributed by atoms with Crippen molar-refractivity contribution in [2.75, 3.05) is 6.61 Å². The molecule has 0 spiro atoms. The minimum Gasteiger partial charge on any atom is -0.460 e. The molecule has 13 heavy (non-hydrogen) atoms. The van der Waals surface area contributed by atoms with E-state index >= 15 is 0 Å². The largest absolute Gasteiger partial charge is 0.460 e. The Labute approximate surface area is 89.1 Å². The number of aryl methyl sites for hydroxylation is 1. The molecule has 0 saturated carbocycles. The first-order chi connectivity index (χ1) is 6.20. The van der Waals surface area contributed by atoms with Crippen LogP contribution in [0.1, 0.15) is 5.69 Å². The molecule has 6 heteroatoms. The van der Waals surface area contributed by atoms with Crippen molar-refractivity contribution in [1.82, 2.24) is 9.78 Å². The molecule has 70 valence electrons. The lowest BCUT2D eigenvalue weighted by Crippen LogP contribution is -1.98. The van der Waals surface area contributed by atoms with E-state index in [4.69, 9.17) is 15.1 Å². The molecule has 0 aromatic carbocycles. The number of nitrogens with zero attached hydrogens (tertiary/aromatic N) is 3. The molecule has 0 fully saturated rings. The van der Waals surface area contributed by atoms with Crippen molar-refractivity contribution in [3.05, 3.63) is 9.26 Å². The minimum absolute atomic E-state index is 0.0299. The van der Waals surface area contributed by atoms with Gasteiger partial charge in [-0.3, -0.25) is 4.68 Å². The van der Waals surface area contributed by atoms with Crippen molar-refractivity contribution in [2.24, 2.45) is 7.05 Å². The highest BCUT2D eigenvalue weighted by molar-refractivity contribution is 14.1. The third kappa shape index (κ3) is 2.10. The molecule has 1 heterocycles. The molecule has 1 aromatic heterocycles. The zero-order valence-electron chi connectivity index (χ0n) is 6.99. The van der Waals surface area contributed by atoms with Crippen LogP contribution in [0.4, 0.5) is 0 Å². The summed E-state index contributed by atoms with van der Waals surface area (Å²) in [6.45, 7) is -0.116. The lowest BCUT2D eigenvalue weighted by molar-refractivity contribution is 0.269. The number of nitriles is 1. The fourth-order valence-electron chi connectivity index (χ4n) is 0.871. The second kappa shape index (κ2) is 4.43. The molecule has 0 radical (unpaired) electrons. The number of hydrogen-bond donors (Lipinski definition) is 1. The van der Waals surface area contributed by atoms with E-state index in [1.54, 1.807) is 7.05 Å². The molecule has 0 aliphatic rings. The summed E-state index contributed by atoms with van der Waals surface area (Å²) in [5.41, 5.74) is 0.688. The second-order valence-corrected chi connectivity index (χ2v) is 3.37. The van der Waals surface area contributed by atoms with E-state index in [1.807, 2.05) is 28.7 Å². The molecule has 0 unspecified atom stereocenters. The van der Waals surface area contributed by atoms with Gasteiger partial charge in [-0.2, -0.15) is 5.26 Å². The zero-order valence-corrected chi connectivity index (χ0v) is 9.15. The van der Waals surface area contributed by atoms with Crippen LogP contribution in [0.2, 0.25) is 0 Å². The molecular weight excluding hydrogens is 285 g/mol. The monoisotopic (exact) mass is 293 g/mol. The van der Waals surface area contributed by atoms with Gasteiger partial charge in [-0.25, -0.2) is 0 Å². The van der Waals surface area contributed by atoms with Gasteiger partial charge in [0.15, 0.2) is 6.61 Å². The normalized spacial score (nSPS) is 9.69. The highest BCUT2D eigenvalue weighted by atomic mass is 127. The predicted molar refractivity (Wildman–Crippen MR) is 53.0 cm³/mol. The Bertz CT molecular complexity index is 342. The van der Waals surface area contributed by atoms with Gasteiger partial charge in [0.05, 0.1) is 12.3 Å². The van der Waals surface area contributed by atoms with Crippen LogP contribution in [0, 0.1) is 14.9 Å². The van der Waals surface area contributed by atoms with Gasteiger partial charge in [0.25, 0.3) is 0 Å². The van der Waals surface area contributed by atoms with Crippen LogP contribution in [0.5, 0.6) is 5.88 Å². The molecule has 0 atom stereocenters. The quantitative estimate of drug-likeness (QED) is 0.820. The highest BCUT2D eigenvalue weighted by Crippen LogP contribution is 2.22. The molecule has 1 aromatic rings. The van der Waals surface area contributed by atoms with E-state index in [1.165, 1.54) is 4.68 Å². The van der Waals surface area contributed by atoms with Crippen molar-refractivity contribution < 1.29 is 9.84 Å². The van der Waals surface area contributed by atoms with Gasteiger partial charge in [-0.15, -0.1) is 5.10 Å². The number of aromatic nitrogens is 2. The number of ether oxygens (including phenoxy) is 1. The Morgan fingerprint density at radius 1 is 1.77 bits per heavy atom. The van der Waals surface area contributed by atoms with Gasteiger partial charge in [-0.05, 0) is 22.6 Å². The summed E-state index contributed by atoms with van der Waals surface area (Å²) in [7, 11) is 1.72. The van der Waals surface area contributed by atoms with Gasteiger partial charge in [-0.1, -0.05) is 0 Å². The number of halogens is 1. The van der Waals surface area contributed by atoms with Gasteiger partial charge >= 0.3 is 0 Å². The van der Waals surface area contributed by atoms with E-state index in [2.05, 4.69) is 5.10 Å². The Balaban J connectivity index is 2.91. The highest BCUT2D eigenvalue weighted by Gasteiger charge is 2.13. The molecule has 0 aliphatic heterocycles. The number of rotatable bonds is 3. The van der Waals surface area contributed by atoms with E-state index in [9.17, 15) is 0 Å². The van der Waals surface area contributed by atoms with Crippen molar-refractivity contribution >= 4 is 22.6 Å². The summed E-state index contributed by atoms with van der Waals surface area (Å²) < 4.78 is 7.32. The van der Waals surface area contributed by atoms with E-state index in [0.717, 1.165) is 3.57 Å². The van der Waals surface area contributed by atoms with Crippen molar-refractivity contribution in [3.8, 4) is 11.9 Å². The van der Waals surface area contributed by atoms with Gasteiger partial charge in [0.2, 0.25) is 5.88 Å². The van der Waals surface area contributed by atoms with Crippen LogP contribution in [0.15, 0.2) is 0 Å². The molecular formula is C7H8IN3O2. The Kier molecular flexibility index (Phi) is 3.50. The molecule has 0 aliphatic carbocycles. The topological polar surface area (TPSA) is 71.1 Å².